The van der Waals surface area contributed by atoms with Crippen LogP contribution in [0.25, 0.3) is 11.3 Å². The molecule has 0 fully saturated rings. The zero-order valence-corrected chi connectivity index (χ0v) is 10.4. The summed E-state index contributed by atoms with van der Waals surface area (Å²) in [5, 5.41) is 0. The van der Waals surface area contributed by atoms with Crippen molar-refractivity contribution in [3.63, 3.8) is 0 Å². The smallest absolute Gasteiger partial charge is 0.0706 e. The fourth-order valence-corrected chi connectivity index (χ4v) is 1.86. The predicted octanol–water partition coefficient (Wildman–Crippen LogP) is 3.59. The Labute approximate surface area is 103 Å². The second-order valence-corrected chi connectivity index (χ2v) is 4.37. The number of aromatic nitrogens is 1. The highest BCUT2D eigenvalue weighted by atomic mass is 14.7. The van der Waals surface area contributed by atoms with Crippen LogP contribution in [0.15, 0.2) is 36.5 Å². The zero-order chi connectivity index (χ0) is 12.3. The molecule has 0 aliphatic rings. The van der Waals surface area contributed by atoms with Crippen LogP contribution in [0.4, 0.5) is 5.69 Å². The third-order valence-corrected chi connectivity index (χ3v) is 2.94. The van der Waals surface area contributed by atoms with E-state index in [9.17, 15) is 0 Å². The second-order valence-electron chi connectivity index (χ2n) is 4.37. The lowest BCUT2D eigenvalue weighted by molar-refractivity contribution is 0.922. The molecule has 2 N–H and O–H groups in total. The summed E-state index contributed by atoms with van der Waals surface area (Å²) >= 11 is 0. The van der Waals surface area contributed by atoms with Gasteiger partial charge in [0, 0.05) is 5.56 Å². The molecule has 1 aromatic heterocycles. The first kappa shape index (κ1) is 11.6. The van der Waals surface area contributed by atoms with Crippen LogP contribution in [-0.2, 0) is 6.42 Å². The first-order valence-electron chi connectivity index (χ1n) is 6.02. The van der Waals surface area contributed by atoms with E-state index in [0.29, 0.717) is 0 Å². The summed E-state index contributed by atoms with van der Waals surface area (Å²) in [5.41, 5.74) is 11.1. The van der Waals surface area contributed by atoms with E-state index in [2.05, 4.69) is 36.2 Å². The number of pyridine rings is 1. The van der Waals surface area contributed by atoms with Crippen LogP contribution < -0.4 is 5.73 Å². The maximum absolute atomic E-state index is 5.77. The van der Waals surface area contributed by atoms with Gasteiger partial charge in [-0.2, -0.15) is 0 Å². The molecule has 17 heavy (non-hydrogen) atoms. The van der Waals surface area contributed by atoms with Crippen molar-refractivity contribution in [2.75, 3.05) is 5.73 Å². The molecule has 0 spiro atoms. The fraction of sp³-hybridized carbons (Fsp3) is 0.267. The lowest BCUT2D eigenvalue weighted by Crippen LogP contribution is -1.93. The van der Waals surface area contributed by atoms with Gasteiger partial charge in [0.15, 0.2) is 0 Å². The third-order valence-electron chi connectivity index (χ3n) is 2.94. The van der Waals surface area contributed by atoms with Crippen molar-refractivity contribution in [2.45, 2.75) is 26.7 Å². The number of benzene rings is 1. The van der Waals surface area contributed by atoms with E-state index in [4.69, 9.17) is 5.73 Å². The number of nitrogen functional groups attached to an aromatic ring is 1. The number of rotatable bonds is 3. The Hall–Kier alpha value is -1.83. The zero-order valence-electron chi connectivity index (χ0n) is 10.4. The summed E-state index contributed by atoms with van der Waals surface area (Å²) in [4.78, 5) is 4.36. The molecule has 2 aromatic rings. The molecule has 0 amide bonds. The second kappa shape index (κ2) is 5.00. The van der Waals surface area contributed by atoms with Crippen LogP contribution in [0.5, 0.6) is 0 Å². The van der Waals surface area contributed by atoms with Crippen LogP contribution in [0, 0.1) is 6.92 Å². The van der Waals surface area contributed by atoms with E-state index in [0.717, 1.165) is 28.9 Å². The molecule has 0 unspecified atom stereocenters. The van der Waals surface area contributed by atoms with Gasteiger partial charge in [0.25, 0.3) is 0 Å². The maximum Gasteiger partial charge on any atom is 0.0706 e. The van der Waals surface area contributed by atoms with Crippen LogP contribution >= 0.6 is 0 Å². The number of nitrogens with zero attached hydrogens (tertiary/aromatic N) is 1. The third kappa shape index (κ3) is 2.64. The highest BCUT2D eigenvalue weighted by Gasteiger charge is 2.01. The topological polar surface area (TPSA) is 38.9 Å². The SMILES string of the molecule is CCCc1ccc(-c2cc(C)c(N)cn2)cc1. The van der Waals surface area contributed by atoms with Crippen molar-refractivity contribution in [1.82, 2.24) is 4.98 Å². The summed E-state index contributed by atoms with van der Waals surface area (Å²) in [5.74, 6) is 0. The van der Waals surface area contributed by atoms with Crippen LogP contribution in [0.3, 0.4) is 0 Å². The average molecular weight is 226 g/mol. The van der Waals surface area contributed by atoms with E-state index in [1.165, 1.54) is 12.0 Å². The summed E-state index contributed by atoms with van der Waals surface area (Å²) in [6.07, 6.45) is 4.04. The molecular weight excluding hydrogens is 208 g/mol. The van der Waals surface area contributed by atoms with Crippen molar-refractivity contribution >= 4 is 5.69 Å². The monoisotopic (exact) mass is 226 g/mol. The average Bonchev–Trinajstić information content (AvgIpc) is 2.34. The number of hydrogen-bond acceptors (Lipinski definition) is 2. The summed E-state index contributed by atoms with van der Waals surface area (Å²) in [7, 11) is 0. The largest absolute Gasteiger partial charge is 0.397 e. The van der Waals surface area contributed by atoms with Gasteiger partial charge in [0.2, 0.25) is 0 Å². The normalized spacial score (nSPS) is 10.5. The highest BCUT2D eigenvalue weighted by molar-refractivity contribution is 5.63. The van der Waals surface area contributed by atoms with Gasteiger partial charge in [-0.05, 0) is 30.5 Å². The summed E-state index contributed by atoms with van der Waals surface area (Å²) in [6.45, 7) is 4.20. The Morgan fingerprint density at radius 2 is 1.88 bits per heavy atom. The quantitative estimate of drug-likeness (QED) is 0.868. The van der Waals surface area contributed by atoms with E-state index < -0.39 is 0 Å². The minimum Gasteiger partial charge on any atom is -0.397 e. The highest BCUT2D eigenvalue weighted by Crippen LogP contribution is 2.21. The molecule has 0 aliphatic carbocycles. The van der Waals surface area contributed by atoms with E-state index in [1.807, 2.05) is 13.0 Å². The van der Waals surface area contributed by atoms with Crippen LogP contribution in [0.2, 0.25) is 0 Å². The van der Waals surface area contributed by atoms with E-state index in [-0.39, 0.29) is 0 Å². The lowest BCUT2D eigenvalue weighted by atomic mass is 10.0. The van der Waals surface area contributed by atoms with Gasteiger partial charge in [-0.1, -0.05) is 37.6 Å². The fourth-order valence-electron chi connectivity index (χ4n) is 1.86. The molecule has 0 aliphatic heterocycles. The van der Waals surface area contributed by atoms with Crippen molar-refractivity contribution in [3.8, 4) is 11.3 Å². The predicted molar refractivity (Wildman–Crippen MR) is 72.8 cm³/mol. The summed E-state index contributed by atoms with van der Waals surface area (Å²) in [6, 6.07) is 10.6. The molecular formula is C15H18N2. The van der Waals surface area contributed by atoms with E-state index in [1.54, 1.807) is 6.20 Å². The molecule has 2 heteroatoms. The van der Waals surface area contributed by atoms with Crippen molar-refractivity contribution in [3.05, 3.63) is 47.7 Å². The Balaban J connectivity index is 2.30. The Kier molecular flexibility index (Phi) is 3.43. The van der Waals surface area contributed by atoms with Gasteiger partial charge >= 0.3 is 0 Å². The molecule has 0 saturated heterocycles. The molecule has 2 rings (SSSR count). The first-order valence-corrected chi connectivity index (χ1v) is 6.02. The number of hydrogen-bond donors (Lipinski definition) is 1. The standard InChI is InChI=1S/C15H18N2/c1-3-4-12-5-7-13(8-6-12)15-9-11(2)14(16)10-17-15/h5-10H,3-4,16H2,1-2H3. The number of nitrogens with two attached hydrogens (primary N) is 1. The van der Waals surface area contributed by atoms with Crippen molar-refractivity contribution < 1.29 is 0 Å². The number of aryl methyl sites for hydroxylation is 2. The van der Waals surface area contributed by atoms with Gasteiger partial charge in [-0.3, -0.25) is 4.98 Å². The van der Waals surface area contributed by atoms with Crippen LogP contribution in [0.1, 0.15) is 24.5 Å². The first-order chi connectivity index (χ1) is 8.20. The maximum atomic E-state index is 5.77. The van der Waals surface area contributed by atoms with E-state index >= 15 is 0 Å². The Bertz CT molecular complexity index is 501. The summed E-state index contributed by atoms with van der Waals surface area (Å²) < 4.78 is 0. The van der Waals surface area contributed by atoms with Crippen molar-refractivity contribution in [1.29, 1.82) is 0 Å². The van der Waals surface area contributed by atoms with Gasteiger partial charge in [0.05, 0.1) is 17.6 Å². The molecule has 88 valence electrons. The molecule has 1 heterocycles. The molecule has 0 radical (unpaired) electrons. The molecule has 0 saturated carbocycles. The van der Waals surface area contributed by atoms with Crippen LogP contribution in [-0.4, -0.2) is 4.98 Å². The minimum atomic E-state index is 0.747. The van der Waals surface area contributed by atoms with Crippen molar-refractivity contribution in [2.24, 2.45) is 0 Å². The Morgan fingerprint density at radius 3 is 2.47 bits per heavy atom. The molecule has 0 bridgehead atoms. The lowest BCUT2D eigenvalue weighted by Gasteiger charge is -2.05. The van der Waals surface area contributed by atoms with Gasteiger partial charge in [-0.15, -0.1) is 0 Å². The molecule has 1 aromatic carbocycles. The van der Waals surface area contributed by atoms with Gasteiger partial charge in [0.1, 0.15) is 0 Å². The molecule has 2 nitrogen and oxygen atoms in total. The van der Waals surface area contributed by atoms with Gasteiger partial charge in [-0.25, -0.2) is 0 Å². The molecule has 0 atom stereocenters. The van der Waals surface area contributed by atoms with Gasteiger partial charge < -0.3 is 5.73 Å². The minimum absolute atomic E-state index is 0.747. The Morgan fingerprint density at radius 1 is 1.18 bits per heavy atom. The number of anilines is 1.